The molecule has 1 aliphatic rings. The van der Waals surface area contributed by atoms with E-state index in [0.717, 1.165) is 0 Å². The van der Waals surface area contributed by atoms with Crippen LogP contribution in [0.4, 0.5) is 11.8 Å². The van der Waals surface area contributed by atoms with Gasteiger partial charge in [0.05, 0.1) is 6.61 Å². The summed E-state index contributed by atoms with van der Waals surface area (Å²) in [6, 6.07) is 0. The summed E-state index contributed by atoms with van der Waals surface area (Å²) in [5, 5.41) is 29.7. The zero-order chi connectivity index (χ0) is 15.4. The average Bonchev–Trinajstić information content (AvgIpc) is 2.87. The van der Waals surface area contributed by atoms with Gasteiger partial charge in [0.1, 0.15) is 24.1 Å². The van der Waals surface area contributed by atoms with Crippen molar-refractivity contribution in [3.8, 4) is 0 Å². The number of hydrogen-bond acceptors (Lipinski definition) is 9. The number of anilines is 2. The molecule has 1 saturated heterocycles. The summed E-state index contributed by atoms with van der Waals surface area (Å²) in [4.78, 5) is 11.9. The van der Waals surface area contributed by atoms with Gasteiger partial charge in [0, 0.05) is 0 Å². The van der Waals surface area contributed by atoms with Gasteiger partial charge in [-0.1, -0.05) is 0 Å². The Kier molecular flexibility index (Phi) is 2.99. The van der Waals surface area contributed by atoms with Gasteiger partial charge in [-0.3, -0.25) is 4.57 Å². The molecule has 3 heterocycles. The van der Waals surface area contributed by atoms with Gasteiger partial charge in [-0.05, 0) is 6.92 Å². The van der Waals surface area contributed by atoms with Crippen molar-refractivity contribution in [2.75, 3.05) is 18.1 Å². The summed E-state index contributed by atoms with van der Waals surface area (Å²) in [6.45, 7) is 0.936. The van der Waals surface area contributed by atoms with Gasteiger partial charge in [-0.25, -0.2) is 15.0 Å². The van der Waals surface area contributed by atoms with Gasteiger partial charge >= 0.3 is 0 Å². The second kappa shape index (κ2) is 4.49. The second-order valence-corrected chi connectivity index (χ2v) is 5.15. The van der Waals surface area contributed by atoms with Gasteiger partial charge < -0.3 is 31.5 Å². The number of nitrogen functional groups attached to an aromatic ring is 2. The Morgan fingerprint density at radius 2 is 2.14 bits per heavy atom. The molecule has 0 radical (unpaired) electrons. The van der Waals surface area contributed by atoms with E-state index < -0.39 is 30.6 Å². The zero-order valence-electron chi connectivity index (χ0n) is 11.2. The van der Waals surface area contributed by atoms with Crippen LogP contribution in [0, 0.1) is 0 Å². The number of rotatable bonds is 2. The first-order valence-corrected chi connectivity index (χ1v) is 6.28. The van der Waals surface area contributed by atoms with Crippen molar-refractivity contribution in [3.05, 3.63) is 6.33 Å². The van der Waals surface area contributed by atoms with E-state index in [9.17, 15) is 15.3 Å². The number of aromatic nitrogens is 4. The maximum absolute atomic E-state index is 10.5. The maximum Gasteiger partial charge on any atom is 0.204 e. The molecule has 7 N–H and O–H groups in total. The van der Waals surface area contributed by atoms with E-state index in [1.165, 1.54) is 17.8 Å². The molecule has 0 aromatic carbocycles. The minimum Gasteiger partial charge on any atom is -0.394 e. The fraction of sp³-hybridized carbons (Fsp3) is 0.545. The number of imidazole rings is 1. The molecular formula is C11H16N6O4. The van der Waals surface area contributed by atoms with E-state index in [-0.39, 0.29) is 22.9 Å². The molecule has 0 spiro atoms. The highest BCUT2D eigenvalue weighted by atomic mass is 16.6. The molecule has 10 heteroatoms. The van der Waals surface area contributed by atoms with Crippen LogP contribution in [0.15, 0.2) is 6.33 Å². The van der Waals surface area contributed by atoms with E-state index in [0.29, 0.717) is 0 Å². The van der Waals surface area contributed by atoms with Crippen LogP contribution >= 0.6 is 0 Å². The van der Waals surface area contributed by atoms with Crippen LogP contribution in [0.2, 0.25) is 0 Å². The lowest BCUT2D eigenvalue weighted by molar-refractivity contribution is -0.0940. The minimum absolute atomic E-state index is 0.00765. The molecule has 0 unspecified atom stereocenters. The monoisotopic (exact) mass is 296 g/mol. The lowest BCUT2D eigenvalue weighted by Gasteiger charge is -2.27. The Hall–Kier alpha value is -2.01. The van der Waals surface area contributed by atoms with Crippen molar-refractivity contribution >= 4 is 22.9 Å². The summed E-state index contributed by atoms with van der Waals surface area (Å²) in [5.74, 6) is 0.149. The number of nitrogens with zero attached hydrogens (tertiary/aromatic N) is 4. The molecule has 2 aromatic heterocycles. The second-order valence-electron chi connectivity index (χ2n) is 5.15. The molecule has 2 aromatic rings. The topological polar surface area (TPSA) is 166 Å². The third kappa shape index (κ3) is 1.84. The number of aliphatic hydroxyl groups is 3. The quantitative estimate of drug-likeness (QED) is 0.421. The molecule has 10 nitrogen and oxygen atoms in total. The van der Waals surface area contributed by atoms with Crippen molar-refractivity contribution in [2.45, 2.75) is 31.0 Å². The highest BCUT2D eigenvalue weighted by molar-refractivity contribution is 5.83. The first-order chi connectivity index (χ1) is 9.87. The smallest absolute Gasteiger partial charge is 0.204 e. The Bertz CT molecular complexity index is 687. The largest absolute Gasteiger partial charge is 0.394 e. The van der Waals surface area contributed by atoms with Gasteiger partial charge in [-0.15, -0.1) is 0 Å². The molecule has 0 bridgehead atoms. The summed E-state index contributed by atoms with van der Waals surface area (Å²) < 4.78 is 6.83. The van der Waals surface area contributed by atoms with E-state index in [1.54, 1.807) is 0 Å². The predicted octanol–water partition coefficient (Wildman–Crippen LogP) is -2.01. The molecule has 0 aliphatic carbocycles. The van der Waals surface area contributed by atoms with E-state index in [1.807, 2.05) is 0 Å². The Labute approximate surface area is 119 Å². The highest BCUT2D eigenvalue weighted by Crippen LogP contribution is 2.40. The highest BCUT2D eigenvalue weighted by Gasteiger charge is 2.53. The molecule has 3 rings (SSSR count). The van der Waals surface area contributed by atoms with Crippen molar-refractivity contribution < 1.29 is 20.1 Å². The third-order valence-corrected chi connectivity index (χ3v) is 3.70. The molecule has 0 amide bonds. The summed E-state index contributed by atoms with van der Waals surface area (Å²) in [5.41, 5.74) is 10.4. The SMILES string of the molecule is C[C@@]1(O)[C@H](O)[C@@H](CO)O[C@H]1n1c(N)nc2c(N)ncnc21. The van der Waals surface area contributed by atoms with Crippen molar-refractivity contribution in [1.29, 1.82) is 0 Å². The number of hydrogen-bond donors (Lipinski definition) is 5. The van der Waals surface area contributed by atoms with Crippen molar-refractivity contribution in [3.63, 3.8) is 0 Å². The van der Waals surface area contributed by atoms with E-state index in [2.05, 4.69) is 15.0 Å². The van der Waals surface area contributed by atoms with Crippen molar-refractivity contribution in [1.82, 2.24) is 19.5 Å². The molecule has 1 aliphatic heterocycles. The predicted molar refractivity (Wildman–Crippen MR) is 71.8 cm³/mol. The van der Waals surface area contributed by atoms with Crippen LogP contribution in [0.1, 0.15) is 13.2 Å². The van der Waals surface area contributed by atoms with Gasteiger partial charge in [-0.2, -0.15) is 0 Å². The number of aliphatic hydroxyl groups excluding tert-OH is 2. The zero-order valence-corrected chi connectivity index (χ0v) is 11.2. The van der Waals surface area contributed by atoms with Crippen molar-refractivity contribution in [2.24, 2.45) is 0 Å². The van der Waals surface area contributed by atoms with E-state index >= 15 is 0 Å². The minimum atomic E-state index is -1.69. The Morgan fingerprint density at radius 3 is 2.76 bits per heavy atom. The van der Waals surface area contributed by atoms with E-state index in [4.69, 9.17) is 16.2 Å². The van der Waals surface area contributed by atoms with Crippen LogP contribution in [-0.4, -0.2) is 59.3 Å². The van der Waals surface area contributed by atoms with Crippen LogP contribution in [0.3, 0.4) is 0 Å². The van der Waals surface area contributed by atoms with Gasteiger partial charge in [0.15, 0.2) is 23.2 Å². The summed E-state index contributed by atoms with van der Waals surface area (Å²) in [6.07, 6.45) is -2.06. The first kappa shape index (κ1) is 13.9. The first-order valence-electron chi connectivity index (χ1n) is 6.28. The molecule has 4 atom stereocenters. The third-order valence-electron chi connectivity index (χ3n) is 3.70. The molecule has 0 saturated carbocycles. The van der Waals surface area contributed by atoms with Crippen LogP contribution in [0.25, 0.3) is 11.2 Å². The summed E-state index contributed by atoms with van der Waals surface area (Å²) in [7, 11) is 0. The number of nitrogens with two attached hydrogens (primary N) is 2. The molecular weight excluding hydrogens is 280 g/mol. The molecule has 1 fully saturated rings. The average molecular weight is 296 g/mol. The van der Waals surface area contributed by atoms with Gasteiger partial charge in [0.2, 0.25) is 5.95 Å². The molecule has 114 valence electrons. The summed E-state index contributed by atoms with van der Waals surface area (Å²) >= 11 is 0. The maximum atomic E-state index is 10.5. The normalized spacial score (nSPS) is 32.9. The lowest BCUT2D eigenvalue weighted by Crippen LogP contribution is -2.44. The van der Waals surface area contributed by atoms with Crippen LogP contribution in [0.5, 0.6) is 0 Å². The fourth-order valence-electron chi connectivity index (χ4n) is 2.54. The fourth-order valence-corrected chi connectivity index (χ4v) is 2.54. The molecule has 21 heavy (non-hydrogen) atoms. The van der Waals surface area contributed by atoms with Crippen LogP contribution in [-0.2, 0) is 4.74 Å². The number of ether oxygens (including phenoxy) is 1. The van der Waals surface area contributed by atoms with Gasteiger partial charge in [0.25, 0.3) is 0 Å². The standard InChI is InChI=1S/C11H16N6O4/c1-11(20)6(19)4(2-18)21-9(11)17-8-5(16-10(17)13)7(12)14-3-15-8/h3-4,6,9,18-20H,2H2,1H3,(H2,13,16)(H2,12,14,15)/t4-,6-,9-,11-/m1/s1. The van der Waals surface area contributed by atoms with Crippen LogP contribution < -0.4 is 11.5 Å². The lowest BCUT2D eigenvalue weighted by atomic mass is 9.96. The Balaban J connectivity index is 2.17. The number of fused-ring (bicyclic) bond motifs is 1. The Morgan fingerprint density at radius 1 is 1.43 bits per heavy atom.